The van der Waals surface area contributed by atoms with E-state index in [0.717, 1.165) is 6.26 Å². The van der Waals surface area contributed by atoms with Gasteiger partial charge in [-0.1, -0.05) is 42.3 Å². The van der Waals surface area contributed by atoms with Gasteiger partial charge in [0.25, 0.3) is 0 Å². The Balaban J connectivity index is 1.90. The van der Waals surface area contributed by atoms with Gasteiger partial charge in [0, 0.05) is 33.5 Å². The molecule has 0 fully saturated rings. The highest BCUT2D eigenvalue weighted by Crippen LogP contribution is 2.39. The molecular formula is C30H30Cl2F2N2O3S. The van der Waals surface area contributed by atoms with E-state index in [-0.39, 0.29) is 28.1 Å². The topological polar surface area (TPSA) is 72.2 Å². The van der Waals surface area contributed by atoms with Crippen LogP contribution in [0.5, 0.6) is 0 Å². The van der Waals surface area contributed by atoms with Gasteiger partial charge in [0.2, 0.25) is 0 Å². The highest BCUT2D eigenvalue weighted by molar-refractivity contribution is 7.90. The fourth-order valence-electron chi connectivity index (χ4n) is 4.75. The summed E-state index contributed by atoms with van der Waals surface area (Å²) in [7, 11) is -3.71. The Bertz CT molecular complexity index is 1730. The van der Waals surface area contributed by atoms with Crippen molar-refractivity contribution in [2.75, 3.05) is 6.26 Å². The third kappa shape index (κ3) is 5.68. The first-order chi connectivity index (χ1) is 18.4. The van der Waals surface area contributed by atoms with E-state index in [0.29, 0.717) is 32.7 Å². The van der Waals surface area contributed by atoms with Crippen molar-refractivity contribution in [1.29, 1.82) is 0 Å². The van der Waals surface area contributed by atoms with Crippen LogP contribution in [0.3, 0.4) is 0 Å². The lowest BCUT2D eigenvalue weighted by molar-refractivity contribution is 0.0740. The molecule has 212 valence electrons. The molecule has 0 unspecified atom stereocenters. The standard InChI is InChI=1S/C30H30Cl2F2N2O3S/c1-7-20-23(33)13-18(14-26(20)40(6,38)39)17-8-11-25(24(34)12-17)36-16-27(30(4,5)37)35-28(36)29(2,3)21-10-9-19(31)15-22(21)32/h8-16,37H,7H2,1-6H3. The molecule has 4 rings (SSSR count). The molecule has 0 radical (unpaired) electrons. The van der Waals surface area contributed by atoms with Crippen LogP contribution in [-0.2, 0) is 27.3 Å². The fourth-order valence-corrected chi connectivity index (χ4v) is 6.43. The summed E-state index contributed by atoms with van der Waals surface area (Å²) in [6.45, 7) is 8.60. The van der Waals surface area contributed by atoms with Crippen molar-refractivity contribution in [3.8, 4) is 16.8 Å². The van der Waals surface area contributed by atoms with Gasteiger partial charge in [-0.25, -0.2) is 22.2 Å². The third-order valence-corrected chi connectivity index (χ3v) is 8.66. The SMILES string of the molecule is CCc1c(F)cc(-c2ccc(-n3cc(C(C)(C)O)nc3C(C)(C)c3ccc(Cl)cc3Cl)c(F)c2)cc1S(C)(=O)=O. The molecule has 0 aliphatic carbocycles. The summed E-state index contributed by atoms with van der Waals surface area (Å²) in [6.07, 6.45) is 2.78. The van der Waals surface area contributed by atoms with Gasteiger partial charge in [-0.15, -0.1) is 0 Å². The minimum atomic E-state index is -3.71. The lowest BCUT2D eigenvalue weighted by Gasteiger charge is -2.27. The monoisotopic (exact) mass is 606 g/mol. The molecule has 3 aromatic carbocycles. The Morgan fingerprint density at radius 2 is 1.60 bits per heavy atom. The van der Waals surface area contributed by atoms with E-state index in [1.165, 1.54) is 24.3 Å². The van der Waals surface area contributed by atoms with Gasteiger partial charge in [-0.3, -0.25) is 4.57 Å². The van der Waals surface area contributed by atoms with Gasteiger partial charge in [-0.05, 0) is 87.2 Å². The molecule has 10 heteroatoms. The normalized spacial score (nSPS) is 12.7. The van der Waals surface area contributed by atoms with Gasteiger partial charge in [0.1, 0.15) is 23.1 Å². The summed E-state index contributed by atoms with van der Waals surface area (Å²) in [4.78, 5) is 4.58. The second-order valence-corrected chi connectivity index (χ2v) is 13.7. The van der Waals surface area contributed by atoms with Crippen molar-refractivity contribution < 1.29 is 22.3 Å². The molecule has 1 heterocycles. The average molecular weight is 608 g/mol. The number of imidazole rings is 1. The van der Waals surface area contributed by atoms with Crippen molar-refractivity contribution in [2.24, 2.45) is 0 Å². The predicted molar refractivity (Wildman–Crippen MR) is 155 cm³/mol. The van der Waals surface area contributed by atoms with Gasteiger partial charge < -0.3 is 5.11 Å². The van der Waals surface area contributed by atoms with Crippen LogP contribution < -0.4 is 0 Å². The van der Waals surface area contributed by atoms with Gasteiger partial charge >= 0.3 is 0 Å². The van der Waals surface area contributed by atoms with E-state index in [1.807, 2.05) is 13.8 Å². The van der Waals surface area contributed by atoms with E-state index >= 15 is 4.39 Å². The Hall–Kier alpha value is -2.78. The fraction of sp³-hybridized carbons (Fsp3) is 0.300. The third-order valence-electron chi connectivity index (χ3n) is 6.94. The quantitative estimate of drug-likeness (QED) is 0.234. The molecule has 0 atom stereocenters. The smallest absolute Gasteiger partial charge is 0.175 e. The molecule has 0 amide bonds. The number of hydrogen-bond acceptors (Lipinski definition) is 4. The van der Waals surface area contributed by atoms with E-state index in [1.54, 1.807) is 55.8 Å². The van der Waals surface area contributed by atoms with Crippen LogP contribution in [0.25, 0.3) is 16.8 Å². The van der Waals surface area contributed by atoms with Gasteiger partial charge in [0.15, 0.2) is 9.84 Å². The zero-order valence-electron chi connectivity index (χ0n) is 23.0. The van der Waals surface area contributed by atoms with Crippen LogP contribution in [0.15, 0.2) is 59.6 Å². The molecule has 0 saturated heterocycles. The molecule has 1 aromatic heterocycles. The number of rotatable bonds is 7. The van der Waals surface area contributed by atoms with Gasteiger partial charge in [-0.2, -0.15) is 0 Å². The van der Waals surface area contributed by atoms with Crippen molar-refractivity contribution in [3.05, 3.63) is 99.1 Å². The first-order valence-corrected chi connectivity index (χ1v) is 15.2. The number of sulfone groups is 1. The molecule has 5 nitrogen and oxygen atoms in total. The Morgan fingerprint density at radius 1 is 0.950 bits per heavy atom. The van der Waals surface area contributed by atoms with Crippen molar-refractivity contribution in [1.82, 2.24) is 9.55 Å². The number of benzene rings is 3. The molecule has 4 aromatic rings. The van der Waals surface area contributed by atoms with Crippen LogP contribution in [0, 0.1) is 11.6 Å². The first kappa shape index (κ1) is 30.2. The zero-order chi connectivity index (χ0) is 29.8. The lowest BCUT2D eigenvalue weighted by atomic mass is 9.83. The summed E-state index contributed by atoms with van der Waals surface area (Å²) < 4.78 is 57.0. The van der Waals surface area contributed by atoms with Crippen LogP contribution in [0.2, 0.25) is 10.0 Å². The van der Waals surface area contributed by atoms with Crippen LogP contribution >= 0.6 is 23.2 Å². The summed E-state index contributed by atoms with van der Waals surface area (Å²) in [6, 6.07) is 12.0. The number of aromatic nitrogens is 2. The van der Waals surface area contributed by atoms with Crippen molar-refractivity contribution in [2.45, 2.75) is 57.0 Å². The summed E-state index contributed by atoms with van der Waals surface area (Å²) >= 11 is 12.6. The number of hydrogen-bond donors (Lipinski definition) is 1. The number of nitrogens with zero attached hydrogens (tertiary/aromatic N) is 2. The number of aliphatic hydroxyl groups is 1. The molecule has 0 spiro atoms. The van der Waals surface area contributed by atoms with Crippen molar-refractivity contribution >= 4 is 33.0 Å². The molecule has 1 N–H and O–H groups in total. The summed E-state index contributed by atoms with van der Waals surface area (Å²) in [5.41, 5.74) is -0.392. The van der Waals surface area contributed by atoms with Crippen LogP contribution in [0.1, 0.15) is 57.3 Å². The zero-order valence-corrected chi connectivity index (χ0v) is 25.3. The molecule has 40 heavy (non-hydrogen) atoms. The maximum Gasteiger partial charge on any atom is 0.175 e. The largest absolute Gasteiger partial charge is 0.384 e. The lowest BCUT2D eigenvalue weighted by Crippen LogP contribution is -2.25. The Labute approximate surface area is 243 Å². The maximum atomic E-state index is 15.8. The second kappa shape index (κ2) is 10.6. The first-order valence-electron chi connectivity index (χ1n) is 12.6. The Kier molecular flexibility index (Phi) is 7.97. The van der Waals surface area contributed by atoms with Crippen LogP contribution in [0.4, 0.5) is 8.78 Å². The molecule has 0 saturated carbocycles. The summed E-state index contributed by atoms with van der Waals surface area (Å²) in [5, 5.41) is 11.6. The van der Waals surface area contributed by atoms with Crippen LogP contribution in [-0.4, -0.2) is 29.3 Å². The summed E-state index contributed by atoms with van der Waals surface area (Å²) in [5.74, 6) is -0.909. The highest BCUT2D eigenvalue weighted by atomic mass is 35.5. The maximum absolute atomic E-state index is 15.8. The highest BCUT2D eigenvalue weighted by Gasteiger charge is 2.34. The van der Waals surface area contributed by atoms with E-state index in [9.17, 15) is 17.9 Å². The molecule has 0 aliphatic heterocycles. The average Bonchev–Trinajstić information content (AvgIpc) is 3.29. The second-order valence-electron chi connectivity index (χ2n) is 10.9. The van der Waals surface area contributed by atoms with E-state index in [4.69, 9.17) is 28.2 Å². The minimum absolute atomic E-state index is 0.0913. The molecule has 0 bridgehead atoms. The van der Waals surface area contributed by atoms with Crippen molar-refractivity contribution in [3.63, 3.8) is 0 Å². The number of halogens is 4. The van der Waals surface area contributed by atoms with E-state index < -0.39 is 32.5 Å². The Morgan fingerprint density at radius 3 is 2.15 bits per heavy atom. The molecular weight excluding hydrogens is 577 g/mol. The molecule has 0 aliphatic rings. The van der Waals surface area contributed by atoms with E-state index in [2.05, 4.69) is 0 Å². The minimum Gasteiger partial charge on any atom is -0.384 e. The predicted octanol–water partition coefficient (Wildman–Crippen LogP) is 7.64. The van der Waals surface area contributed by atoms with Gasteiger partial charge in [0.05, 0.1) is 16.3 Å².